The molecule has 0 saturated heterocycles. The molecule has 0 N–H and O–H groups in total. The number of hydrogen-bond acceptors (Lipinski definition) is 3. The Morgan fingerprint density at radius 3 is 0.588 bits per heavy atom. The molecule has 3 nitrogen and oxygen atoms in total. The smallest absolute Gasteiger partial charge is 0.429 e. The lowest BCUT2D eigenvalue weighted by Gasteiger charge is -2.42. The minimum Gasteiger partial charge on any atom is -0.429 e. The van der Waals surface area contributed by atoms with E-state index in [2.05, 4.69) is 62.3 Å². The second-order valence-corrected chi connectivity index (χ2v) is 23.2. The van der Waals surface area contributed by atoms with E-state index in [0.29, 0.717) is 0 Å². The van der Waals surface area contributed by atoms with Crippen LogP contribution in [0.3, 0.4) is 0 Å². The second kappa shape index (κ2) is 19.7. The summed E-state index contributed by atoms with van der Waals surface area (Å²) in [7, 11) is -6.10. The first-order valence-electron chi connectivity index (χ1n) is 15.4. The predicted octanol–water partition coefficient (Wildman–Crippen LogP) is 10.5. The maximum absolute atomic E-state index is 7.31. The molecule has 0 rings (SSSR count). The molecule has 7 heteroatoms. The predicted molar refractivity (Wildman–Crippen MR) is 162 cm³/mol. The van der Waals surface area contributed by atoms with Crippen molar-refractivity contribution in [1.82, 2.24) is 0 Å². The third kappa shape index (κ3) is 12.2. The molecule has 0 atom stereocenters. The quantitative estimate of drug-likeness (QED) is 0.116. The summed E-state index contributed by atoms with van der Waals surface area (Å²) >= 11 is 0. The van der Waals surface area contributed by atoms with Crippen LogP contribution in [-0.2, 0) is 13.0 Å². The van der Waals surface area contributed by atoms with Crippen LogP contribution >= 0.6 is 0 Å². The second-order valence-electron chi connectivity index (χ2n) is 10.9. The maximum atomic E-state index is 7.31. The Balaban J connectivity index is 6.41. The lowest BCUT2D eigenvalue weighted by atomic mass is 10.3. The zero-order valence-corrected chi connectivity index (χ0v) is 28.0. The molecule has 0 amide bonds. The summed E-state index contributed by atoms with van der Waals surface area (Å²) in [6, 6.07) is 11.2. The first kappa shape index (κ1) is 34.6. The molecule has 0 aliphatic heterocycles. The highest BCUT2D eigenvalue weighted by atomic mass is 28.4. The van der Waals surface area contributed by atoms with Gasteiger partial charge in [-0.2, -0.15) is 0 Å². The summed E-state index contributed by atoms with van der Waals surface area (Å²) in [5.41, 5.74) is 0. The Kier molecular flexibility index (Phi) is 20.0. The molecule has 204 valence electrons. The van der Waals surface area contributed by atoms with Gasteiger partial charge in [-0.15, -0.1) is 0 Å². The van der Waals surface area contributed by atoms with E-state index in [1.165, 1.54) is 112 Å². The molecule has 0 saturated carbocycles. The van der Waals surface area contributed by atoms with Gasteiger partial charge in [0.05, 0.1) is 0 Å². The van der Waals surface area contributed by atoms with Gasteiger partial charge in [0.25, 0.3) is 0 Å². The highest BCUT2D eigenvalue weighted by Crippen LogP contribution is 2.36. The third-order valence-electron chi connectivity index (χ3n) is 7.39. The van der Waals surface area contributed by atoms with Crippen LogP contribution in [0, 0.1) is 0 Å². The van der Waals surface area contributed by atoms with Crippen molar-refractivity contribution >= 4 is 32.3 Å². The average molecular weight is 531 g/mol. The van der Waals surface area contributed by atoms with Crippen molar-refractivity contribution in [2.24, 2.45) is 0 Å². The molecule has 0 fully saturated rings. The van der Waals surface area contributed by atoms with Crippen LogP contribution in [0.25, 0.3) is 0 Å². The van der Waals surface area contributed by atoms with Gasteiger partial charge >= 0.3 is 7.32 Å². The van der Waals surface area contributed by atoms with Crippen molar-refractivity contribution in [3.63, 3.8) is 0 Å². The highest BCUT2D eigenvalue weighted by molar-refractivity contribution is 6.86. The summed E-state index contributed by atoms with van der Waals surface area (Å²) in [5.74, 6) is 0. The van der Waals surface area contributed by atoms with Gasteiger partial charge in [-0.1, -0.05) is 120 Å². The van der Waals surface area contributed by atoms with E-state index >= 15 is 0 Å². The van der Waals surface area contributed by atoms with Gasteiger partial charge in [-0.3, -0.25) is 0 Å². The van der Waals surface area contributed by atoms with Crippen LogP contribution < -0.4 is 0 Å². The number of hydrogen-bond donors (Lipinski definition) is 0. The standard InChI is InChI=1S/C27H63BO3Si3/c1-10-19-32(20-11-2,21-12-3)29-28(30-33(22-13-4,23-14-5)24-15-6)31-34(25-16-7,26-17-8)27-18-9/h10-27H2,1-9H3. The SMILES string of the molecule is CCC[Si](CCC)(CCC)OB(O[Si](CCC)(CCC)CCC)O[Si](CCC)(CCC)CCC. The van der Waals surface area contributed by atoms with E-state index in [1.807, 2.05) is 0 Å². The molecule has 34 heavy (non-hydrogen) atoms. The van der Waals surface area contributed by atoms with E-state index in [4.69, 9.17) is 13.0 Å². The van der Waals surface area contributed by atoms with Crippen LogP contribution in [0.15, 0.2) is 0 Å². The van der Waals surface area contributed by atoms with Gasteiger partial charge in [0, 0.05) is 0 Å². The monoisotopic (exact) mass is 530 g/mol. The maximum Gasteiger partial charge on any atom is 0.606 e. The molecule has 0 bridgehead atoms. The van der Waals surface area contributed by atoms with Crippen LogP contribution in [0.5, 0.6) is 0 Å². The Hall–Kier alpha value is 0.596. The van der Waals surface area contributed by atoms with Crippen molar-refractivity contribution in [2.75, 3.05) is 0 Å². The summed E-state index contributed by atoms with van der Waals surface area (Å²) in [6.07, 6.45) is 10.9. The van der Waals surface area contributed by atoms with Crippen LogP contribution in [0.4, 0.5) is 0 Å². The fourth-order valence-electron chi connectivity index (χ4n) is 6.44. The molecule has 0 aliphatic rings. The van der Waals surface area contributed by atoms with Crippen molar-refractivity contribution < 1.29 is 13.0 Å². The first-order valence-corrected chi connectivity index (χ1v) is 23.0. The molecule has 0 aromatic heterocycles. The molecule has 0 unspecified atom stereocenters. The van der Waals surface area contributed by atoms with E-state index < -0.39 is 32.3 Å². The lowest BCUT2D eigenvalue weighted by Crippen LogP contribution is -2.56. The summed E-state index contributed by atoms with van der Waals surface area (Å²) < 4.78 is 21.9. The van der Waals surface area contributed by atoms with Crippen molar-refractivity contribution in [1.29, 1.82) is 0 Å². The van der Waals surface area contributed by atoms with Crippen LogP contribution in [-0.4, -0.2) is 32.3 Å². The first-order chi connectivity index (χ1) is 16.3. The molecule has 0 heterocycles. The van der Waals surface area contributed by atoms with E-state index in [9.17, 15) is 0 Å². The summed E-state index contributed by atoms with van der Waals surface area (Å²) in [6.45, 7) is 21.0. The van der Waals surface area contributed by atoms with Crippen molar-refractivity contribution in [2.45, 2.75) is 174 Å². The lowest BCUT2D eigenvalue weighted by molar-refractivity contribution is 0.280. The minimum absolute atomic E-state index is 0.399. The van der Waals surface area contributed by atoms with Crippen LogP contribution in [0.1, 0.15) is 120 Å². The fraction of sp³-hybridized carbons (Fsp3) is 1.00. The van der Waals surface area contributed by atoms with Gasteiger partial charge in [-0.25, -0.2) is 0 Å². The normalized spacial score (nSPS) is 13.0. The molecule has 0 radical (unpaired) electrons. The summed E-state index contributed by atoms with van der Waals surface area (Å²) in [5, 5.41) is 0. The Morgan fingerprint density at radius 1 is 0.324 bits per heavy atom. The zero-order chi connectivity index (χ0) is 25.9. The van der Waals surface area contributed by atoms with E-state index in [-0.39, 0.29) is 0 Å². The van der Waals surface area contributed by atoms with Gasteiger partial charge in [0.15, 0.2) is 25.0 Å². The summed E-state index contributed by atoms with van der Waals surface area (Å²) in [4.78, 5) is 0. The largest absolute Gasteiger partial charge is 0.606 e. The molecule has 0 spiro atoms. The third-order valence-corrected chi connectivity index (χ3v) is 22.2. The van der Waals surface area contributed by atoms with Crippen molar-refractivity contribution in [3.8, 4) is 0 Å². The van der Waals surface area contributed by atoms with E-state index in [1.54, 1.807) is 0 Å². The highest BCUT2D eigenvalue weighted by Gasteiger charge is 2.47. The molecule has 0 aromatic carbocycles. The van der Waals surface area contributed by atoms with Crippen molar-refractivity contribution in [3.05, 3.63) is 0 Å². The van der Waals surface area contributed by atoms with Gasteiger partial charge in [0.2, 0.25) is 0 Å². The molecular formula is C27H63BO3Si3. The van der Waals surface area contributed by atoms with Gasteiger partial charge in [-0.05, 0) is 54.4 Å². The van der Waals surface area contributed by atoms with Gasteiger partial charge in [0.1, 0.15) is 0 Å². The molecule has 0 aliphatic carbocycles. The van der Waals surface area contributed by atoms with Gasteiger partial charge < -0.3 is 13.0 Å². The fourth-order valence-corrected chi connectivity index (χ4v) is 19.8. The van der Waals surface area contributed by atoms with E-state index in [0.717, 1.165) is 0 Å². The zero-order valence-electron chi connectivity index (χ0n) is 25.0. The van der Waals surface area contributed by atoms with Crippen LogP contribution in [0.2, 0.25) is 54.4 Å². The molecular weight excluding hydrogens is 467 g/mol. The molecule has 0 aromatic rings. The number of rotatable bonds is 24. The average Bonchev–Trinajstić information content (AvgIpc) is 2.75. The Labute approximate surface area is 219 Å². The Bertz CT molecular complexity index is 364. The minimum atomic E-state index is -1.90. The topological polar surface area (TPSA) is 27.7 Å². The Morgan fingerprint density at radius 2 is 0.471 bits per heavy atom.